The minimum atomic E-state index is -0.379. The van der Waals surface area contributed by atoms with Crippen LogP contribution >= 0.6 is 0 Å². The van der Waals surface area contributed by atoms with E-state index in [1.54, 1.807) is 6.92 Å². The van der Waals surface area contributed by atoms with Gasteiger partial charge in [-0.3, -0.25) is 0 Å². The minimum Gasteiger partial charge on any atom is -0.378 e. The molecule has 0 radical (unpaired) electrons. The third-order valence-electron chi connectivity index (χ3n) is 3.46. The maximum Gasteiger partial charge on any atom is 0.128 e. The molecule has 0 bridgehead atoms. The van der Waals surface area contributed by atoms with Crippen molar-refractivity contribution >= 4 is 5.69 Å². The molecule has 2 aromatic carbocycles. The van der Waals surface area contributed by atoms with Crippen molar-refractivity contribution in [3.05, 3.63) is 64.7 Å². The molecule has 1 atom stereocenters. The normalized spacial score (nSPS) is 12.2. The lowest BCUT2D eigenvalue weighted by molar-refractivity contribution is 0.571. The summed E-state index contributed by atoms with van der Waals surface area (Å²) in [5.41, 5.74) is 2.79. The maximum absolute atomic E-state index is 13.9. The first-order valence-corrected chi connectivity index (χ1v) is 6.82. The van der Waals surface area contributed by atoms with E-state index < -0.39 is 0 Å². The summed E-state index contributed by atoms with van der Waals surface area (Å²) in [7, 11) is 0. The molecule has 0 fully saturated rings. The van der Waals surface area contributed by atoms with Gasteiger partial charge in [-0.25, -0.2) is 8.78 Å². The topological polar surface area (TPSA) is 12.0 Å². The lowest BCUT2D eigenvalue weighted by Crippen LogP contribution is -2.09. The van der Waals surface area contributed by atoms with Crippen LogP contribution in [-0.4, -0.2) is 0 Å². The van der Waals surface area contributed by atoms with Crippen LogP contribution in [0.1, 0.15) is 36.6 Å². The Bertz CT molecular complexity index is 608. The van der Waals surface area contributed by atoms with E-state index in [1.165, 1.54) is 17.7 Å². The third kappa shape index (κ3) is 3.16. The number of hydrogen-bond acceptors (Lipinski definition) is 1. The monoisotopic (exact) mass is 275 g/mol. The number of halogens is 2. The van der Waals surface area contributed by atoms with Crippen molar-refractivity contribution in [1.82, 2.24) is 0 Å². The van der Waals surface area contributed by atoms with Gasteiger partial charge in [-0.1, -0.05) is 19.1 Å². The lowest BCUT2D eigenvalue weighted by atomic mass is 10.0. The van der Waals surface area contributed by atoms with Gasteiger partial charge in [-0.05, 0) is 55.7 Å². The Labute approximate surface area is 118 Å². The van der Waals surface area contributed by atoms with E-state index in [2.05, 4.69) is 12.2 Å². The molecule has 106 valence electrons. The fourth-order valence-corrected chi connectivity index (χ4v) is 2.20. The van der Waals surface area contributed by atoms with Gasteiger partial charge in [0.1, 0.15) is 11.6 Å². The highest BCUT2D eigenvalue weighted by molar-refractivity contribution is 5.48. The van der Waals surface area contributed by atoms with Crippen molar-refractivity contribution in [2.24, 2.45) is 0 Å². The highest BCUT2D eigenvalue weighted by Crippen LogP contribution is 2.24. The van der Waals surface area contributed by atoms with E-state index in [9.17, 15) is 8.78 Å². The zero-order valence-electron chi connectivity index (χ0n) is 12.0. The van der Waals surface area contributed by atoms with E-state index >= 15 is 0 Å². The van der Waals surface area contributed by atoms with E-state index in [0.717, 1.165) is 12.1 Å². The standard InChI is InChI=1S/C17H19F2N/c1-4-13-6-5-7-14(9-13)20-12(3)15-10-16(18)11(2)8-17(15)19/h5-10,12,20H,4H2,1-3H3. The molecular formula is C17H19F2N. The summed E-state index contributed by atoms with van der Waals surface area (Å²) in [6.07, 6.45) is 0.942. The summed E-state index contributed by atoms with van der Waals surface area (Å²) < 4.78 is 27.5. The second-order valence-corrected chi connectivity index (χ2v) is 5.04. The molecule has 0 aromatic heterocycles. The largest absolute Gasteiger partial charge is 0.378 e. The van der Waals surface area contributed by atoms with Crippen molar-refractivity contribution in [1.29, 1.82) is 0 Å². The van der Waals surface area contributed by atoms with Gasteiger partial charge in [-0.2, -0.15) is 0 Å². The zero-order chi connectivity index (χ0) is 14.7. The molecule has 2 aromatic rings. The maximum atomic E-state index is 13.9. The molecule has 3 heteroatoms. The van der Waals surface area contributed by atoms with Gasteiger partial charge in [0.25, 0.3) is 0 Å². The average Bonchev–Trinajstić information content (AvgIpc) is 2.43. The van der Waals surface area contributed by atoms with Gasteiger partial charge in [-0.15, -0.1) is 0 Å². The first-order valence-electron chi connectivity index (χ1n) is 6.82. The molecule has 0 amide bonds. The van der Waals surface area contributed by atoms with Crippen molar-refractivity contribution < 1.29 is 8.78 Å². The molecule has 0 saturated carbocycles. The Balaban J connectivity index is 2.23. The van der Waals surface area contributed by atoms with Gasteiger partial charge in [0, 0.05) is 11.3 Å². The molecule has 1 unspecified atom stereocenters. The van der Waals surface area contributed by atoms with Crippen molar-refractivity contribution in [3.8, 4) is 0 Å². The summed E-state index contributed by atoms with van der Waals surface area (Å²) in [6.45, 7) is 5.47. The molecule has 0 spiro atoms. The molecule has 1 nitrogen and oxygen atoms in total. The Morgan fingerprint density at radius 2 is 1.85 bits per heavy atom. The van der Waals surface area contributed by atoms with Gasteiger partial charge >= 0.3 is 0 Å². The molecule has 0 aliphatic heterocycles. The molecule has 1 N–H and O–H groups in total. The van der Waals surface area contributed by atoms with Gasteiger partial charge in [0.2, 0.25) is 0 Å². The van der Waals surface area contributed by atoms with Crippen molar-refractivity contribution in [2.75, 3.05) is 5.32 Å². The summed E-state index contributed by atoms with van der Waals surface area (Å²) in [5.74, 6) is -0.757. The van der Waals surface area contributed by atoms with Crippen LogP contribution in [0.25, 0.3) is 0 Å². The van der Waals surface area contributed by atoms with Gasteiger partial charge in [0.15, 0.2) is 0 Å². The SMILES string of the molecule is CCc1cccc(NC(C)c2cc(F)c(C)cc2F)c1. The van der Waals surface area contributed by atoms with Gasteiger partial charge in [0.05, 0.1) is 6.04 Å². The number of benzene rings is 2. The van der Waals surface area contributed by atoms with Crippen LogP contribution in [0.2, 0.25) is 0 Å². The summed E-state index contributed by atoms with van der Waals surface area (Å²) in [6, 6.07) is 10.2. The predicted octanol–water partition coefficient (Wildman–Crippen LogP) is 5.01. The Hall–Kier alpha value is -1.90. The smallest absolute Gasteiger partial charge is 0.128 e. The molecular weight excluding hydrogens is 256 g/mol. The first-order chi connectivity index (χ1) is 9.51. The van der Waals surface area contributed by atoms with E-state index in [4.69, 9.17) is 0 Å². The van der Waals surface area contributed by atoms with E-state index in [1.807, 2.05) is 31.2 Å². The number of rotatable bonds is 4. The first kappa shape index (κ1) is 14.5. The minimum absolute atomic E-state index is 0.294. The fourth-order valence-electron chi connectivity index (χ4n) is 2.20. The predicted molar refractivity (Wildman–Crippen MR) is 79.0 cm³/mol. The second-order valence-electron chi connectivity index (χ2n) is 5.04. The van der Waals surface area contributed by atoms with Crippen LogP contribution in [0.15, 0.2) is 36.4 Å². The Kier molecular flexibility index (Phi) is 4.38. The Morgan fingerprint density at radius 3 is 2.55 bits per heavy atom. The number of hydrogen-bond donors (Lipinski definition) is 1. The summed E-state index contributed by atoms with van der Waals surface area (Å²) >= 11 is 0. The number of anilines is 1. The van der Waals surface area contributed by atoms with Crippen LogP contribution in [0.5, 0.6) is 0 Å². The number of nitrogens with one attached hydrogen (secondary N) is 1. The van der Waals surface area contributed by atoms with Crippen LogP contribution < -0.4 is 5.32 Å². The van der Waals surface area contributed by atoms with Crippen LogP contribution in [-0.2, 0) is 6.42 Å². The zero-order valence-corrected chi connectivity index (χ0v) is 12.0. The van der Waals surface area contributed by atoms with Gasteiger partial charge < -0.3 is 5.32 Å². The summed E-state index contributed by atoms with van der Waals surface area (Å²) in [5, 5.41) is 3.21. The number of aryl methyl sites for hydroxylation is 2. The highest BCUT2D eigenvalue weighted by atomic mass is 19.1. The van der Waals surface area contributed by atoms with E-state index in [-0.39, 0.29) is 17.7 Å². The van der Waals surface area contributed by atoms with Crippen LogP contribution in [0.4, 0.5) is 14.5 Å². The van der Waals surface area contributed by atoms with Crippen molar-refractivity contribution in [3.63, 3.8) is 0 Å². The average molecular weight is 275 g/mol. The van der Waals surface area contributed by atoms with E-state index in [0.29, 0.717) is 11.1 Å². The van der Waals surface area contributed by atoms with Crippen LogP contribution in [0, 0.1) is 18.6 Å². The Morgan fingerprint density at radius 1 is 1.10 bits per heavy atom. The molecule has 0 heterocycles. The summed E-state index contributed by atoms with van der Waals surface area (Å²) in [4.78, 5) is 0. The third-order valence-corrected chi connectivity index (χ3v) is 3.46. The van der Waals surface area contributed by atoms with Crippen molar-refractivity contribution in [2.45, 2.75) is 33.2 Å². The highest BCUT2D eigenvalue weighted by Gasteiger charge is 2.13. The van der Waals surface area contributed by atoms with Crippen LogP contribution in [0.3, 0.4) is 0 Å². The second kappa shape index (κ2) is 6.04. The quantitative estimate of drug-likeness (QED) is 0.827. The molecule has 0 aliphatic rings. The lowest BCUT2D eigenvalue weighted by Gasteiger charge is -2.17. The molecule has 0 saturated heterocycles. The fraction of sp³-hybridized carbons (Fsp3) is 0.294. The molecule has 20 heavy (non-hydrogen) atoms. The molecule has 0 aliphatic carbocycles. The molecule has 2 rings (SSSR count).